The van der Waals surface area contributed by atoms with Gasteiger partial charge in [-0.3, -0.25) is 0 Å². The van der Waals surface area contributed by atoms with E-state index in [9.17, 15) is 0 Å². The number of benzene rings is 1. The van der Waals surface area contributed by atoms with Gasteiger partial charge in [-0.2, -0.15) is 0 Å². The number of hydrogen-bond acceptors (Lipinski definition) is 0. The van der Waals surface area contributed by atoms with Gasteiger partial charge < -0.3 is 0 Å². The highest BCUT2D eigenvalue weighted by atomic mass is 14.0. The van der Waals surface area contributed by atoms with Crippen LogP contribution in [0.3, 0.4) is 0 Å². The molecule has 0 aliphatic rings. The van der Waals surface area contributed by atoms with Crippen LogP contribution in [0.25, 0.3) is 5.57 Å². The monoisotopic (exact) mass is 130 g/mol. The maximum Gasteiger partial charge on any atom is -0.00118 e. The van der Waals surface area contributed by atoms with Crippen LogP contribution in [0, 0.1) is 6.92 Å². The summed E-state index contributed by atoms with van der Waals surface area (Å²) in [5.74, 6) is 0. The molecule has 0 bridgehead atoms. The Balaban J connectivity index is 3.07. The van der Waals surface area contributed by atoms with E-state index in [1.807, 2.05) is 31.2 Å². The predicted octanol–water partition coefficient (Wildman–Crippen LogP) is 2.78. The van der Waals surface area contributed by atoms with Gasteiger partial charge in [-0.05, 0) is 25.0 Å². The van der Waals surface area contributed by atoms with Crippen LogP contribution in [0.2, 0.25) is 0 Å². The fourth-order valence-corrected chi connectivity index (χ4v) is 0.804. The van der Waals surface area contributed by atoms with Gasteiger partial charge in [0.1, 0.15) is 0 Å². The molecule has 1 rings (SSSR count). The van der Waals surface area contributed by atoms with Gasteiger partial charge in [-0.25, -0.2) is 0 Å². The van der Waals surface area contributed by atoms with E-state index < -0.39 is 0 Å². The van der Waals surface area contributed by atoms with Crippen molar-refractivity contribution in [2.24, 2.45) is 0 Å². The van der Waals surface area contributed by atoms with Crippen LogP contribution in [-0.2, 0) is 0 Å². The summed E-state index contributed by atoms with van der Waals surface area (Å²) in [6.07, 6.45) is 0. The lowest BCUT2D eigenvalue weighted by molar-refractivity contribution is 1.53. The highest BCUT2D eigenvalue weighted by molar-refractivity contribution is 5.61. The molecule has 2 radical (unpaired) electrons. The van der Waals surface area contributed by atoms with E-state index >= 15 is 0 Å². The van der Waals surface area contributed by atoms with Crippen molar-refractivity contribution in [1.82, 2.24) is 0 Å². The lowest BCUT2D eigenvalue weighted by Gasteiger charge is -1.98. The average molecular weight is 130 g/mol. The molecule has 0 aromatic heterocycles. The Morgan fingerprint density at radius 1 is 1.50 bits per heavy atom. The van der Waals surface area contributed by atoms with Crippen LogP contribution in [0.15, 0.2) is 30.8 Å². The first-order valence-corrected chi connectivity index (χ1v) is 3.21. The quantitative estimate of drug-likeness (QED) is 0.548. The molecule has 0 N–H and O–H groups in total. The Morgan fingerprint density at radius 3 is 2.60 bits per heavy atom. The van der Waals surface area contributed by atoms with Crippen molar-refractivity contribution in [2.75, 3.05) is 0 Å². The molecule has 0 nitrogen and oxygen atoms in total. The molecule has 0 fully saturated rings. The summed E-state index contributed by atoms with van der Waals surface area (Å²) in [7, 11) is 0. The Labute approximate surface area is 62.2 Å². The van der Waals surface area contributed by atoms with Gasteiger partial charge in [0, 0.05) is 0 Å². The first kappa shape index (κ1) is 7.07. The minimum atomic E-state index is 0.792. The van der Waals surface area contributed by atoms with Gasteiger partial charge in [-0.1, -0.05) is 36.4 Å². The van der Waals surface area contributed by atoms with Gasteiger partial charge in [0.15, 0.2) is 0 Å². The minimum Gasteiger partial charge on any atom is -0.0955 e. The molecule has 0 heterocycles. The summed E-state index contributed by atoms with van der Waals surface area (Å²) in [4.78, 5) is 0. The molecule has 0 aliphatic heterocycles. The van der Waals surface area contributed by atoms with Crippen molar-refractivity contribution < 1.29 is 0 Å². The lowest BCUT2D eigenvalue weighted by Crippen LogP contribution is -1.77. The van der Waals surface area contributed by atoms with Crippen LogP contribution >= 0.6 is 0 Å². The SMILES string of the molecule is [CH]c1cccc(C(=C)C)c1. The van der Waals surface area contributed by atoms with Crippen LogP contribution in [0.5, 0.6) is 0 Å². The van der Waals surface area contributed by atoms with Crippen molar-refractivity contribution in [3.8, 4) is 0 Å². The van der Waals surface area contributed by atoms with Crippen LogP contribution in [0.4, 0.5) is 0 Å². The molecule has 0 heteroatoms. The van der Waals surface area contributed by atoms with Gasteiger partial charge >= 0.3 is 0 Å². The largest absolute Gasteiger partial charge is 0.0955 e. The van der Waals surface area contributed by atoms with Gasteiger partial charge in [-0.15, -0.1) is 0 Å². The second kappa shape index (κ2) is 2.70. The third kappa shape index (κ3) is 1.47. The summed E-state index contributed by atoms with van der Waals surface area (Å²) in [6.45, 7) is 11.3. The third-order valence-corrected chi connectivity index (χ3v) is 1.38. The maximum absolute atomic E-state index is 5.56. The lowest BCUT2D eigenvalue weighted by atomic mass is 10.1. The van der Waals surface area contributed by atoms with Gasteiger partial charge in [0.25, 0.3) is 0 Å². The van der Waals surface area contributed by atoms with Crippen molar-refractivity contribution in [1.29, 1.82) is 0 Å². The molecule has 0 atom stereocenters. The van der Waals surface area contributed by atoms with Crippen LogP contribution in [-0.4, -0.2) is 0 Å². The Kier molecular flexibility index (Phi) is 1.91. The molecule has 0 spiro atoms. The van der Waals surface area contributed by atoms with Crippen LogP contribution < -0.4 is 0 Å². The maximum atomic E-state index is 5.56. The first-order chi connectivity index (χ1) is 4.70. The highest BCUT2D eigenvalue weighted by Gasteiger charge is 1.90. The van der Waals surface area contributed by atoms with Crippen molar-refractivity contribution in [2.45, 2.75) is 6.92 Å². The molecule has 10 heavy (non-hydrogen) atoms. The molecule has 1 aromatic carbocycles. The molecule has 0 amide bonds. The molecule has 0 saturated carbocycles. The van der Waals surface area contributed by atoms with Gasteiger partial charge in [0.2, 0.25) is 0 Å². The van der Waals surface area contributed by atoms with Crippen molar-refractivity contribution >= 4 is 5.57 Å². The third-order valence-electron chi connectivity index (χ3n) is 1.38. The molecule has 0 aliphatic carbocycles. The Hall–Kier alpha value is -1.04. The van der Waals surface area contributed by atoms with E-state index in [1.54, 1.807) is 0 Å². The minimum absolute atomic E-state index is 0.792. The Morgan fingerprint density at radius 2 is 2.20 bits per heavy atom. The number of rotatable bonds is 1. The van der Waals surface area contributed by atoms with E-state index in [1.165, 1.54) is 0 Å². The van der Waals surface area contributed by atoms with E-state index in [0.717, 1.165) is 16.7 Å². The van der Waals surface area contributed by atoms with Crippen molar-refractivity contribution in [3.05, 3.63) is 48.9 Å². The summed E-state index contributed by atoms with van der Waals surface area (Å²) in [5.41, 5.74) is 2.95. The van der Waals surface area contributed by atoms with Gasteiger partial charge in [0.05, 0.1) is 0 Å². The molecular formula is C10H10. The summed E-state index contributed by atoms with van der Waals surface area (Å²) in [5, 5.41) is 0. The standard InChI is InChI=1S/C10H10/c1-8(2)10-6-4-5-9(3)7-10/h3-7H,1H2,2H3. The smallest absolute Gasteiger partial charge is 0.00118 e. The number of hydrogen-bond donors (Lipinski definition) is 0. The van der Waals surface area contributed by atoms with E-state index in [-0.39, 0.29) is 0 Å². The zero-order valence-electron chi connectivity index (χ0n) is 6.09. The first-order valence-electron chi connectivity index (χ1n) is 3.21. The highest BCUT2D eigenvalue weighted by Crippen LogP contribution is 2.11. The second-order valence-corrected chi connectivity index (χ2v) is 2.41. The molecule has 0 saturated heterocycles. The molecule has 0 unspecified atom stereocenters. The van der Waals surface area contributed by atoms with E-state index in [2.05, 4.69) is 6.58 Å². The summed E-state index contributed by atoms with van der Waals surface area (Å²) < 4.78 is 0. The normalized spacial score (nSPS) is 9.40. The van der Waals surface area contributed by atoms with E-state index in [4.69, 9.17) is 6.92 Å². The van der Waals surface area contributed by atoms with E-state index in [0.29, 0.717) is 0 Å². The predicted molar refractivity (Wildman–Crippen MR) is 44.6 cm³/mol. The molecule has 50 valence electrons. The van der Waals surface area contributed by atoms with Crippen LogP contribution in [0.1, 0.15) is 18.1 Å². The fourth-order valence-electron chi connectivity index (χ4n) is 0.804. The average Bonchev–Trinajstić information content (AvgIpc) is 1.88. The Bertz CT molecular complexity index is 246. The molecule has 1 aromatic rings. The zero-order valence-corrected chi connectivity index (χ0v) is 6.09. The van der Waals surface area contributed by atoms with Crippen molar-refractivity contribution in [3.63, 3.8) is 0 Å². The molecular weight excluding hydrogens is 120 g/mol. The summed E-state index contributed by atoms with van der Waals surface area (Å²) in [6, 6.07) is 7.72. The zero-order chi connectivity index (χ0) is 7.56. The number of allylic oxidation sites excluding steroid dienone is 1. The topological polar surface area (TPSA) is 0 Å². The fraction of sp³-hybridized carbons (Fsp3) is 0.100. The second-order valence-electron chi connectivity index (χ2n) is 2.41. The summed E-state index contributed by atoms with van der Waals surface area (Å²) >= 11 is 0.